The molecule has 4 nitrogen and oxygen atoms in total. The van der Waals surface area contributed by atoms with E-state index >= 15 is 0 Å². The van der Waals surface area contributed by atoms with Crippen LogP contribution in [-0.4, -0.2) is 17.6 Å². The minimum absolute atomic E-state index is 0.0191. The van der Waals surface area contributed by atoms with Crippen LogP contribution in [0.1, 0.15) is 34.8 Å². The maximum absolute atomic E-state index is 14.0. The number of ether oxygens (including phenoxy) is 1. The van der Waals surface area contributed by atoms with Gasteiger partial charge in [-0.3, -0.25) is 4.79 Å². The van der Waals surface area contributed by atoms with E-state index in [2.05, 4.69) is 20.7 Å². The number of fused-ring (bicyclic) bond motifs is 1. The minimum atomic E-state index is -1.08. The summed E-state index contributed by atoms with van der Waals surface area (Å²) in [6.07, 6.45) is 3.10. The van der Waals surface area contributed by atoms with E-state index in [4.69, 9.17) is 0 Å². The monoisotopic (exact) mass is 371 g/mol. The average molecular weight is 372 g/mol. The zero-order chi connectivity index (χ0) is 16.0. The molecule has 0 radical (unpaired) electrons. The first-order valence-corrected chi connectivity index (χ1v) is 7.81. The van der Waals surface area contributed by atoms with Crippen molar-refractivity contribution in [1.29, 1.82) is 0 Å². The summed E-state index contributed by atoms with van der Waals surface area (Å²) in [6.45, 7) is 0. The summed E-state index contributed by atoms with van der Waals surface area (Å²) < 4.78 is 34.1. The topological polar surface area (TPSA) is 48.3 Å². The molecule has 0 bridgehead atoms. The van der Waals surface area contributed by atoms with Crippen molar-refractivity contribution in [2.24, 2.45) is 0 Å². The zero-order valence-electron chi connectivity index (χ0n) is 11.7. The molecule has 116 valence electrons. The molecule has 2 aromatic rings. The van der Waals surface area contributed by atoms with Crippen LogP contribution in [0.25, 0.3) is 10.9 Å². The van der Waals surface area contributed by atoms with Crippen LogP contribution < -0.4 is 5.43 Å². The Morgan fingerprint density at radius 3 is 2.68 bits per heavy atom. The molecule has 0 N–H and O–H groups in total. The molecule has 0 saturated heterocycles. The lowest BCUT2D eigenvalue weighted by Gasteiger charge is -2.14. The molecule has 1 heterocycles. The van der Waals surface area contributed by atoms with Crippen molar-refractivity contribution >= 4 is 32.8 Å². The number of rotatable bonds is 3. The Morgan fingerprint density at radius 2 is 2.14 bits per heavy atom. The standard InChI is InChI=1S/C15H12BrF2NO3/c1-22-15(21)9-6-19(7-2-3-7)11-4-10(17)13(18)8(5-16)12(11)14(9)20/h4,6-7H,2-3,5H2,1H3. The molecule has 7 heteroatoms. The summed E-state index contributed by atoms with van der Waals surface area (Å²) in [4.78, 5) is 24.4. The van der Waals surface area contributed by atoms with Crippen molar-refractivity contribution in [2.45, 2.75) is 24.2 Å². The molecule has 22 heavy (non-hydrogen) atoms. The van der Waals surface area contributed by atoms with Crippen LogP contribution in [0, 0.1) is 11.6 Å². The van der Waals surface area contributed by atoms with E-state index in [9.17, 15) is 18.4 Å². The molecule has 0 spiro atoms. The second-order valence-corrected chi connectivity index (χ2v) is 5.74. The lowest BCUT2D eigenvalue weighted by molar-refractivity contribution is 0.0598. The number of hydrogen-bond acceptors (Lipinski definition) is 3. The number of halogens is 3. The fourth-order valence-corrected chi connectivity index (χ4v) is 3.09. The van der Waals surface area contributed by atoms with Crippen molar-refractivity contribution in [3.05, 3.63) is 45.2 Å². The minimum Gasteiger partial charge on any atom is -0.465 e. The van der Waals surface area contributed by atoms with Crippen LogP contribution in [0.3, 0.4) is 0 Å². The number of benzene rings is 1. The molecule has 0 amide bonds. The maximum Gasteiger partial charge on any atom is 0.343 e. The van der Waals surface area contributed by atoms with Gasteiger partial charge in [0.1, 0.15) is 5.56 Å². The van der Waals surface area contributed by atoms with Gasteiger partial charge in [-0.2, -0.15) is 0 Å². The van der Waals surface area contributed by atoms with Gasteiger partial charge in [-0.25, -0.2) is 13.6 Å². The van der Waals surface area contributed by atoms with Crippen molar-refractivity contribution in [3.8, 4) is 0 Å². The van der Waals surface area contributed by atoms with Gasteiger partial charge >= 0.3 is 5.97 Å². The molecular weight excluding hydrogens is 360 g/mol. The summed E-state index contributed by atoms with van der Waals surface area (Å²) in [5.41, 5.74) is -0.601. The highest BCUT2D eigenvalue weighted by Gasteiger charge is 2.29. The molecule has 1 fully saturated rings. The molecular formula is C15H12BrF2NO3. The highest BCUT2D eigenvalue weighted by Crippen LogP contribution is 2.38. The van der Waals surface area contributed by atoms with Gasteiger partial charge in [0.25, 0.3) is 0 Å². The number of esters is 1. The molecule has 1 aliphatic carbocycles. The van der Waals surface area contributed by atoms with Crippen LogP contribution in [-0.2, 0) is 10.1 Å². The van der Waals surface area contributed by atoms with Crippen LogP contribution in [0.15, 0.2) is 17.1 Å². The second-order valence-electron chi connectivity index (χ2n) is 5.18. The first-order chi connectivity index (χ1) is 10.5. The van der Waals surface area contributed by atoms with E-state index in [-0.39, 0.29) is 27.9 Å². The molecule has 0 aliphatic heterocycles. The summed E-state index contributed by atoms with van der Waals surface area (Å²) in [6, 6.07) is 1.09. The SMILES string of the molecule is COC(=O)c1cn(C2CC2)c2cc(F)c(F)c(CBr)c2c1=O. The number of methoxy groups -OCH3 is 1. The smallest absolute Gasteiger partial charge is 0.343 e. The summed E-state index contributed by atoms with van der Waals surface area (Å²) >= 11 is 3.08. The van der Waals surface area contributed by atoms with Gasteiger partial charge in [0.2, 0.25) is 5.43 Å². The molecule has 0 unspecified atom stereocenters. The quantitative estimate of drug-likeness (QED) is 0.614. The fraction of sp³-hybridized carbons (Fsp3) is 0.333. The third kappa shape index (κ3) is 2.24. The number of hydrogen-bond donors (Lipinski definition) is 0. The van der Waals surface area contributed by atoms with Gasteiger partial charge in [-0.15, -0.1) is 0 Å². The fourth-order valence-electron chi connectivity index (χ4n) is 2.56. The number of nitrogens with zero attached hydrogens (tertiary/aromatic N) is 1. The van der Waals surface area contributed by atoms with Crippen molar-refractivity contribution in [3.63, 3.8) is 0 Å². The third-order valence-corrected chi connectivity index (χ3v) is 4.35. The van der Waals surface area contributed by atoms with E-state index in [1.165, 1.54) is 13.3 Å². The number of carbonyl (C=O) groups is 1. The van der Waals surface area contributed by atoms with Crippen LogP contribution in [0.2, 0.25) is 0 Å². The lowest BCUT2D eigenvalue weighted by atomic mass is 10.0. The molecule has 1 saturated carbocycles. The normalized spacial score (nSPS) is 14.4. The molecule has 1 aliphatic rings. The Balaban J connectivity index is 2.48. The van der Waals surface area contributed by atoms with E-state index in [0.717, 1.165) is 18.9 Å². The number of carbonyl (C=O) groups excluding carboxylic acids is 1. The molecule has 1 aromatic carbocycles. The van der Waals surface area contributed by atoms with Crippen molar-refractivity contribution < 1.29 is 18.3 Å². The van der Waals surface area contributed by atoms with Crippen molar-refractivity contribution in [2.75, 3.05) is 7.11 Å². The Morgan fingerprint density at radius 1 is 1.45 bits per heavy atom. The predicted molar refractivity (Wildman–Crippen MR) is 80.4 cm³/mol. The number of pyridine rings is 1. The maximum atomic E-state index is 14.0. The number of alkyl halides is 1. The van der Waals surface area contributed by atoms with E-state index in [0.29, 0.717) is 5.52 Å². The highest BCUT2D eigenvalue weighted by molar-refractivity contribution is 9.08. The largest absolute Gasteiger partial charge is 0.465 e. The van der Waals surface area contributed by atoms with Gasteiger partial charge in [0.05, 0.1) is 18.0 Å². The first kappa shape index (κ1) is 15.1. The summed E-state index contributed by atoms with van der Waals surface area (Å²) in [5, 5.41) is -0.0111. The molecule has 3 rings (SSSR count). The third-order valence-electron chi connectivity index (χ3n) is 3.79. The average Bonchev–Trinajstić information content (AvgIpc) is 3.33. The first-order valence-electron chi connectivity index (χ1n) is 6.69. The Labute approximate surface area is 132 Å². The number of aromatic nitrogens is 1. The Bertz CT molecular complexity index is 843. The van der Waals surface area contributed by atoms with Crippen LogP contribution in [0.5, 0.6) is 0 Å². The van der Waals surface area contributed by atoms with Gasteiger partial charge in [-0.05, 0) is 12.8 Å². The lowest BCUT2D eigenvalue weighted by Crippen LogP contribution is -2.21. The van der Waals surface area contributed by atoms with E-state index in [1.807, 2.05) is 0 Å². The van der Waals surface area contributed by atoms with E-state index < -0.39 is 23.0 Å². The highest BCUT2D eigenvalue weighted by atomic mass is 79.9. The second kappa shape index (κ2) is 5.46. The van der Waals surface area contributed by atoms with Crippen LogP contribution in [0.4, 0.5) is 8.78 Å². The molecule has 0 atom stereocenters. The van der Waals surface area contributed by atoms with Gasteiger partial charge < -0.3 is 9.30 Å². The van der Waals surface area contributed by atoms with Gasteiger partial charge in [0, 0.05) is 29.2 Å². The summed E-state index contributed by atoms with van der Waals surface area (Å²) in [5.74, 6) is -2.88. The van der Waals surface area contributed by atoms with Crippen LogP contribution >= 0.6 is 15.9 Å². The van der Waals surface area contributed by atoms with Gasteiger partial charge in [-0.1, -0.05) is 15.9 Å². The summed E-state index contributed by atoms with van der Waals surface area (Å²) in [7, 11) is 1.17. The van der Waals surface area contributed by atoms with Crippen molar-refractivity contribution in [1.82, 2.24) is 4.57 Å². The van der Waals surface area contributed by atoms with E-state index in [1.54, 1.807) is 4.57 Å². The van der Waals surface area contributed by atoms with Gasteiger partial charge in [0.15, 0.2) is 11.6 Å². The molecule has 1 aromatic heterocycles. The Kier molecular flexibility index (Phi) is 3.76. The zero-order valence-corrected chi connectivity index (χ0v) is 13.2. The Hall–Kier alpha value is -1.76. The predicted octanol–water partition coefficient (Wildman–Crippen LogP) is 3.30.